The van der Waals surface area contributed by atoms with E-state index in [0.29, 0.717) is 5.92 Å². The number of nitrogens with two attached hydrogens (primary N) is 1. The van der Waals surface area contributed by atoms with Crippen LogP contribution in [0.3, 0.4) is 0 Å². The summed E-state index contributed by atoms with van der Waals surface area (Å²) in [7, 11) is 0. The van der Waals surface area contributed by atoms with E-state index in [4.69, 9.17) is 5.73 Å². The number of nitrogens with zero attached hydrogens (tertiary/aromatic N) is 2. The molecule has 0 amide bonds. The first-order chi connectivity index (χ1) is 6.68. The molecule has 0 bridgehead atoms. The van der Waals surface area contributed by atoms with Crippen molar-refractivity contribution < 1.29 is 0 Å². The van der Waals surface area contributed by atoms with Crippen LogP contribution in [-0.4, -0.2) is 15.6 Å². The van der Waals surface area contributed by atoms with Crippen LogP contribution in [-0.2, 0) is 13.0 Å². The van der Waals surface area contributed by atoms with Crippen molar-refractivity contribution in [1.29, 1.82) is 0 Å². The minimum Gasteiger partial charge on any atom is -0.334 e. The maximum absolute atomic E-state index is 5.81. The van der Waals surface area contributed by atoms with Gasteiger partial charge in [0.25, 0.3) is 0 Å². The molecule has 1 aromatic rings. The summed E-state index contributed by atoms with van der Waals surface area (Å²) >= 11 is 0. The number of fused-ring (bicyclic) bond motifs is 1. The zero-order valence-corrected chi connectivity index (χ0v) is 9.03. The highest BCUT2D eigenvalue weighted by atomic mass is 15.1. The number of aromatic nitrogens is 2. The molecule has 2 atom stereocenters. The highest BCUT2D eigenvalue weighted by Gasteiger charge is 2.21. The minimum atomic E-state index is 0.212. The van der Waals surface area contributed by atoms with Gasteiger partial charge in [-0.1, -0.05) is 6.92 Å². The highest BCUT2D eigenvalue weighted by Crippen LogP contribution is 2.29. The lowest BCUT2D eigenvalue weighted by molar-refractivity contribution is 0.470. The zero-order chi connectivity index (χ0) is 10.1. The van der Waals surface area contributed by atoms with Crippen molar-refractivity contribution >= 4 is 0 Å². The maximum atomic E-state index is 5.81. The number of hydrogen-bond acceptors (Lipinski definition) is 2. The Morgan fingerprint density at radius 3 is 3.21 bits per heavy atom. The molecule has 3 heteroatoms. The second-order valence-corrected chi connectivity index (χ2v) is 4.49. The fourth-order valence-electron chi connectivity index (χ4n) is 2.35. The second-order valence-electron chi connectivity index (χ2n) is 4.49. The molecule has 2 unspecified atom stereocenters. The topological polar surface area (TPSA) is 43.8 Å². The first-order valence-electron chi connectivity index (χ1n) is 5.48. The molecule has 0 aliphatic carbocycles. The predicted octanol–water partition coefficient (Wildman–Crippen LogP) is 1.67. The standard InChI is InChI=1S/C11H19N3/c1-8-4-3-5-14-7-13-10(11(8)14)6-9(2)12/h7-9H,3-6,12H2,1-2H3. The van der Waals surface area contributed by atoms with Crippen molar-refractivity contribution in [3.8, 4) is 0 Å². The van der Waals surface area contributed by atoms with Crippen LogP contribution in [0.25, 0.3) is 0 Å². The first kappa shape index (κ1) is 9.71. The van der Waals surface area contributed by atoms with E-state index in [-0.39, 0.29) is 6.04 Å². The third kappa shape index (κ3) is 1.69. The van der Waals surface area contributed by atoms with Gasteiger partial charge in [0, 0.05) is 24.7 Å². The third-order valence-corrected chi connectivity index (χ3v) is 2.98. The number of imidazole rings is 1. The maximum Gasteiger partial charge on any atom is 0.0951 e. The van der Waals surface area contributed by atoms with Gasteiger partial charge in [0.2, 0.25) is 0 Å². The Bertz CT molecular complexity index is 314. The summed E-state index contributed by atoms with van der Waals surface area (Å²) in [5, 5.41) is 0. The normalized spacial score (nSPS) is 23.2. The molecule has 0 saturated heterocycles. The minimum absolute atomic E-state index is 0.212. The molecular weight excluding hydrogens is 174 g/mol. The van der Waals surface area contributed by atoms with Crippen LogP contribution in [0.1, 0.15) is 44.0 Å². The summed E-state index contributed by atoms with van der Waals surface area (Å²) in [6, 6.07) is 0.212. The van der Waals surface area contributed by atoms with Crippen molar-refractivity contribution in [2.24, 2.45) is 5.73 Å². The summed E-state index contributed by atoms with van der Waals surface area (Å²) < 4.78 is 2.30. The molecule has 1 aliphatic heterocycles. The Morgan fingerprint density at radius 1 is 1.71 bits per heavy atom. The Morgan fingerprint density at radius 2 is 2.50 bits per heavy atom. The smallest absolute Gasteiger partial charge is 0.0951 e. The van der Waals surface area contributed by atoms with Gasteiger partial charge in [-0.2, -0.15) is 0 Å². The monoisotopic (exact) mass is 193 g/mol. The highest BCUT2D eigenvalue weighted by molar-refractivity contribution is 5.20. The van der Waals surface area contributed by atoms with Gasteiger partial charge in [0.15, 0.2) is 0 Å². The fraction of sp³-hybridized carbons (Fsp3) is 0.727. The molecule has 1 aliphatic rings. The van der Waals surface area contributed by atoms with Crippen LogP contribution >= 0.6 is 0 Å². The van der Waals surface area contributed by atoms with Gasteiger partial charge in [0.1, 0.15) is 0 Å². The largest absolute Gasteiger partial charge is 0.334 e. The van der Waals surface area contributed by atoms with E-state index in [2.05, 4.69) is 16.5 Å². The molecule has 0 fully saturated rings. The van der Waals surface area contributed by atoms with Gasteiger partial charge in [-0.25, -0.2) is 4.98 Å². The lowest BCUT2D eigenvalue weighted by Gasteiger charge is -2.22. The molecular formula is C11H19N3. The van der Waals surface area contributed by atoms with Crippen molar-refractivity contribution in [2.75, 3.05) is 0 Å². The van der Waals surface area contributed by atoms with Crippen LogP contribution in [0.2, 0.25) is 0 Å². The molecule has 0 saturated carbocycles. The number of rotatable bonds is 2. The Balaban J connectivity index is 2.29. The van der Waals surface area contributed by atoms with Crippen LogP contribution in [0.15, 0.2) is 6.33 Å². The fourth-order valence-corrected chi connectivity index (χ4v) is 2.35. The predicted molar refractivity (Wildman–Crippen MR) is 57.2 cm³/mol. The summed E-state index contributed by atoms with van der Waals surface area (Å²) in [5.41, 5.74) is 8.45. The van der Waals surface area contributed by atoms with E-state index < -0.39 is 0 Å². The molecule has 2 rings (SSSR count). The van der Waals surface area contributed by atoms with Crippen molar-refractivity contribution in [3.63, 3.8) is 0 Å². The summed E-state index contributed by atoms with van der Waals surface area (Å²) in [4.78, 5) is 4.47. The van der Waals surface area contributed by atoms with Gasteiger partial charge < -0.3 is 10.3 Å². The van der Waals surface area contributed by atoms with Crippen LogP contribution in [0.5, 0.6) is 0 Å². The summed E-state index contributed by atoms with van der Waals surface area (Å²) in [5.74, 6) is 0.653. The van der Waals surface area contributed by atoms with E-state index >= 15 is 0 Å². The molecule has 0 aromatic carbocycles. The lowest BCUT2D eigenvalue weighted by atomic mass is 9.95. The van der Waals surface area contributed by atoms with Crippen LogP contribution < -0.4 is 5.73 Å². The van der Waals surface area contributed by atoms with Crippen LogP contribution in [0, 0.1) is 0 Å². The molecule has 2 N–H and O–H groups in total. The van der Waals surface area contributed by atoms with E-state index in [1.165, 1.54) is 24.2 Å². The number of hydrogen-bond donors (Lipinski definition) is 1. The Hall–Kier alpha value is -0.830. The third-order valence-electron chi connectivity index (χ3n) is 2.98. The molecule has 0 spiro atoms. The Kier molecular flexibility index (Phi) is 2.59. The average molecular weight is 193 g/mol. The molecule has 1 aromatic heterocycles. The van der Waals surface area contributed by atoms with Crippen molar-refractivity contribution in [1.82, 2.24) is 9.55 Å². The van der Waals surface area contributed by atoms with Gasteiger partial charge >= 0.3 is 0 Å². The number of aryl methyl sites for hydroxylation is 1. The second kappa shape index (κ2) is 3.73. The van der Waals surface area contributed by atoms with Gasteiger partial charge in [-0.3, -0.25) is 0 Å². The molecule has 0 radical (unpaired) electrons. The molecule has 14 heavy (non-hydrogen) atoms. The average Bonchev–Trinajstić information content (AvgIpc) is 2.49. The van der Waals surface area contributed by atoms with E-state index in [0.717, 1.165) is 13.0 Å². The summed E-state index contributed by atoms with van der Waals surface area (Å²) in [6.45, 7) is 5.46. The molecule has 3 nitrogen and oxygen atoms in total. The van der Waals surface area contributed by atoms with E-state index in [1.807, 2.05) is 13.3 Å². The van der Waals surface area contributed by atoms with Crippen LogP contribution in [0.4, 0.5) is 0 Å². The Labute approximate surface area is 85.3 Å². The van der Waals surface area contributed by atoms with Crippen molar-refractivity contribution in [3.05, 3.63) is 17.7 Å². The van der Waals surface area contributed by atoms with Gasteiger partial charge in [-0.05, 0) is 25.7 Å². The van der Waals surface area contributed by atoms with Gasteiger partial charge in [0.05, 0.1) is 12.0 Å². The summed E-state index contributed by atoms with van der Waals surface area (Å²) in [6.07, 6.45) is 5.45. The lowest BCUT2D eigenvalue weighted by Crippen LogP contribution is -2.21. The first-order valence-corrected chi connectivity index (χ1v) is 5.48. The quantitative estimate of drug-likeness (QED) is 0.776. The molecule has 2 heterocycles. The van der Waals surface area contributed by atoms with Crippen molar-refractivity contribution in [2.45, 2.75) is 51.6 Å². The molecule has 78 valence electrons. The SMILES string of the molecule is CC(N)Cc1ncn2c1C(C)CCC2. The van der Waals surface area contributed by atoms with E-state index in [9.17, 15) is 0 Å². The van der Waals surface area contributed by atoms with Gasteiger partial charge in [-0.15, -0.1) is 0 Å². The zero-order valence-electron chi connectivity index (χ0n) is 9.03. The van der Waals surface area contributed by atoms with E-state index in [1.54, 1.807) is 0 Å².